The summed E-state index contributed by atoms with van der Waals surface area (Å²) >= 11 is 0. The van der Waals surface area contributed by atoms with Crippen LogP contribution in [0.15, 0.2) is 62.6 Å². The molecule has 0 fully saturated rings. The van der Waals surface area contributed by atoms with E-state index in [2.05, 4.69) is 4.98 Å². The van der Waals surface area contributed by atoms with Crippen LogP contribution in [0.4, 0.5) is 0 Å². The van der Waals surface area contributed by atoms with Crippen molar-refractivity contribution >= 4 is 21.9 Å². The predicted molar refractivity (Wildman–Crippen MR) is 82.0 cm³/mol. The fraction of sp³-hybridized carbons (Fsp3) is 0.0588. The fourth-order valence-corrected chi connectivity index (χ4v) is 2.57. The molecule has 3 aromatic heterocycles. The van der Waals surface area contributed by atoms with Crippen molar-refractivity contribution in [3.8, 4) is 17.1 Å². The zero-order valence-corrected chi connectivity index (χ0v) is 11.7. The molecule has 5 heteroatoms. The van der Waals surface area contributed by atoms with Gasteiger partial charge in [-0.3, -0.25) is 9.78 Å². The molecule has 0 radical (unpaired) electrons. The van der Waals surface area contributed by atoms with Crippen LogP contribution < -0.4 is 10.2 Å². The van der Waals surface area contributed by atoms with Gasteiger partial charge >= 0.3 is 0 Å². The van der Waals surface area contributed by atoms with Crippen LogP contribution in [0, 0.1) is 0 Å². The van der Waals surface area contributed by atoms with Crippen molar-refractivity contribution in [2.24, 2.45) is 0 Å². The van der Waals surface area contributed by atoms with Crippen LogP contribution in [0.1, 0.15) is 0 Å². The van der Waals surface area contributed by atoms with Crippen molar-refractivity contribution < 1.29 is 13.6 Å². The first-order valence-corrected chi connectivity index (χ1v) is 6.70. The van der Waals surface area contributed by atoms with Crippen molar-refractivity contribution in [3.05, 3.63) is 59.2 Å². The summed E-state index contributed by atoms with van der Waals surface area (Å²) in [7, 11) is 1.52. The Kier molecular flexibility index (Phi) is 2.72. The van der Waals surface area contributed by atoms with Crippen LogP contribution in [-0.4, -0.2) is 12.1 Å². The Morgan fingerprint density at radius 3 is 2.86 bits per heavy atom. The Balaban J connectivity index is 2.11. The van der Waals surface area contributed by atoms with Crippen LogP contribution in [0.25, 0.3) is 33.3 Å². The molecule has 4 rings (SSSR count). The highest BCUT2D eigenvalue weighted by molar-refractivity contribution is 6.01. The molecule has 0 atom stereocenters. The maximum absolute atomic E-state index is 12.5. The molecule has 4 aromatic rings. The van der Waals surface area contributed by atoms with Crippen LogP contribution in [-0.2, 0) is 0 Å². The number of ether oxygens (including phenoxy) is 1. The van der Waals surface area contributed by atoms with Gasteiger partial charge in [0.2, 0.25) is 0 Å². The van der Waals surface area contributed by atoms with Gasteiger partial charge < -0.3 is 13.6 Å². The zero-order chi connectivity index (χ0) is 15.1. The SMILES string of the molecule is COc1c2ccoc2cc2oc(-c3cccnc3)cc(=O)c12. The number of hydrogen-bond donors (Lipinski definition) is 0. The molecule has 0 spiro atoms. The highest BCUT2D eigenvalue weighted by Gasteiger charge is 2.16. The summed E-state index contributed by atoms with van der Waals surface area (Å²) < 4.78 is 16.7. The Labute approximate surface area is 124 Å². The molecule has 0 aliphatic carbocycles. The van der Waals surface area contributed by atoms with E-state index in [1.54, 1.807) is 36.9 Å². The van der Waals surface area contributed by atoms with Gasteiger partial charge in [0.15, 0.2) is 5.43 Å². The largest absolute Gasteiger partial charge is 0.495 e. The zero-order valence-electron chi connectivity index (χ0n) is 11.7. The summed E-state index contributed by atoms with van der Waals surface area (Å²) in [6, 6.07) is 8.54. The summed E-state index contributed by atoms with van der Waals surface area (Å²) in [5.41, 5.74) is 1.60. The number of fused-ring (bicyclic) bond motifs is 2. The lowest BCUT2D eigenvalue weighted by atomic mass is 10.1. The first-order chi connectivity index (χ1) is 10.8. The monoisotopic (exact) mass is 293 g/mol. The molecule has 0 unspecified atom stereocenters. The first-order valence-electron chi connectivity index (χ1n) is 6.70. The quantitative estimate of drug-likeness (QED) is 0.565. The van der Waals surface area contributed by atoms with Crippen LogP contribution in [0.3, 0.4) is 0 Å². The standard InChI is InChI=1S/C17H11NO4/c1-20-17-11-4-6-21-14(11)8-15-16(17)12(19)7-13(22-15)10-3-2-5-18-9-10/h2-9H,1H3. The molecule has 0 amide bonds. The molecule has 0 aliphatic rings. The molecule has 0 N–H and O–H groups in total. The summed E-state index contributed by atoms with van der Waals surface area (Å²) in [5.74, 6) is 0.922. The van der Waals surface area contributed by atoms with Gasteiger partial charge in [-0.15, -0.1) is 0 Å². The third-order valence-corrected chi connectivity index (χ3v) is 3.55. The normalized spacial score (nSPS) is 11.1. The second-order valence-electron chi connectivity index (χ2n) is 4.83. The van der Waals surface area contributed by atoms with Crippen LogP contribution in [0.2, 0.25) is 0 Å². The second kappa shape index (κ2) is 4.73. The number of nitrogens with zero attached hydrogens (tertiary/aromatic N) is 1. The molecule has 0 saturated carbocycles. The summed E-state index contributed by atoms with van der Waals surface area (Å²) in [6.45, 7) is 0. The van der Waals surface area contributed by atoms with Crippen molar-refractivity contribution in [2.75, 3.05) is 7.11 Å². The van der Waals surface area contributed by atoms with E-state index in [1.807, 2.05) is 6.07 Å². The Bertz CT molecular complexity index is 1030. The Morgan fingerprint density at radius 2 is 2.09 bits per heavy atom. The molecule has 0 bridgehead atoms. The van der Waals surface area contributed by atoms with Crippen LogP contribution in [0.5, 0.6) is 5.75 Å². The molecule has 108 valence electrons. The summed E-state index contributed by atoms with van der Waals surface area (Å²) in [5, 5.41) is 1.15. The molecule has 0 aliphatic heterocycles. The minimum Gasteiger partial charge on any atom is -0.495 e. The van der Waals surface area contributed by atoms with E-state index in [0.717, 1.165) is 10.9 Å². The average Bonchev–Trinajstić information content (AvgIpc) is 3.01. The van der Waals surface area contributed by atoms with Crippen molar-refractivity contribution in [1.82, 2.24) is 4.98 Å². The second-order valence-corrected chi connectivity index (χ2v) is 4.83. The third-order valence-electron chi connectivity index (χ3n) is 3.55. The van der Waals surface area contributed by atoms with E-state index in [1.165, 1.54) is 13.2 Å². The number of furan rings is 1. The highest BCUT2D eigenvalue weighted by atomic mass is 16.5. The fourth-order valence-electron chi connectivity index (χ4n) is 2.57. The minimum absolute atomic E-state index is 0.167. The summed E-state index contributed by atoms with van der Waals surface area (Å²) in [4.78, 5) is 16.6. The molecule has 3 heterocycles. The number of methoxy groups -OCH3 is 1. The molecule has 0 saturated heterocycles. The van der Waals surface area contributed by atoms with E-state index < -0.39 is 0 Å². The van der Waals surface area contributed by atoms with E-state index in [-0.39, 0.29) is 5.43 Å². The maximum atomic E-state index is 12.5. The van der Waals surface area contributed by atoms with Gasteiger partial charge in [-0.1, -0.05) is 0 Å². The van der Waals surface area contributed by atoms with Crippen molar-refractivity contribution in [2.45, 2.75) is 0 Å². The van der Waals surface area contributed by atoms with Gasteiger partial charge in [0.05, 0.1) is 18.8 Å². The van der Waals surface area contributed by atoms with E-state index in [0.29, 0.717) is 28.1 Å². The summed E-state index contributed by atoms with van der Waals surface area (Å²) in [6.07, 6.45) is 4.86. The molecule has 5 nitrogen and oxygen atoms in total. The van der Waals surface area contributed by atoms with Crippen LogP contribution >= 0.6 is 0 Å². The molecule has 22 heavy (non-hydrogen) atoms. The van der Waals surface area contributed by atoms with E-state index in [4.69, 9.17) is 13.6 Å². The highest BCUT2D eigenvalue weighted by Crippen LogP contribution is 2.35. The number of rotatable bonds is 2. The molecular formula is C17H11NO4. The average molecular weight is 293 g/mol. The van der Waals surface area contributed by atoms with Gasteiger partial charge in [-0.25, -0.2) is 0 Å². The third kappa shape index (κ3) is 1.79. The smallest absolute Gasteiger partial charge is 0.197 e. The number of benzene rings is 1. The van der Waals surface area contributed by atoms with E-state index >= 15 is 0 Å². The van der Waals surface area contributed by atoms with Gasteiger partial charge in [0.1, 0.15) is 28.1 Å². The predicted octanol–water partition coefficient (Wildman–Crippen LogP) is 3.61. The number of pyridine rings is 1. The van der Waals surface area contributed by atoms with Gasteiger partial charge in [0.25, 0.3) is 0 Å². The van der Waals surface area contributed by atoms with Gasteiger partial charge in [-0.2, -0.15) is 0 Å². The topological polar surface area (TPSA) is 65.5 Å². The number of aromatic nitrogens is 1. The Hall–Kier alpha value is -3.08. The Morgan fingerprint density at radius 1 is 1.18 bits per heavy atom. The lowest BCUT2D eigenvalue weighted by Gasteiger charge is -2.07. The lowest BCUT2D eigenvalue weighted by Crippen LogP contribution is -2.03. The van der Waals surface area contributed by atoms with E-state index in [9.17, 15) is 4.79 Å². The van der Waals surface area contributed by atoms with Crippen molar-refractivity contribution in [3.63, 3.8) is 0 Å². The van der Waals surface area contributed by atoms with Gasteiger partial charge in [-0.05, 0) is 18.2 Å². The van der Waals surface area contributed by atoms with Crippen molar-refractivity contribution in [1.29, 1.82) is 0 Å². The minimum atomic E-state index is -0.167. The number of hydrogen-bond acceptors (Lipinski definition) is 5. The lowest BCUT2D eigenvalue weighted by molar-refractivity contribution is 0.423. The maximum Gasteiger partial charge on any atom is 0.197 e. The molecular weight excluding hydrogens is 282 g/mol. The molecule has 1 aromatic carbocycles. The first kappa shape index (κ1) is 12.6. The van der Waals surface area contributed by atoms with Gasteiger partial charge in [0, 0.05) is 30.1 Å².